The second-order valence-electron chi connectivity index (χ2n) is 7.49. The molecule has 0 aliphatic carbocycles. The van der Waals surface area contributed by atoms with Gasteiger partial charge in [-0.2, -0.15) is 0 Å². The number of hydrogen-bond acceptors (Lipinski definition) is 5. The van der Waals surface area contributed by atoms with E-state index < -0.39 is 0 Å². The van der Waals surface area contributed by atoms with Gasteiger partial charge in [0.15, 0.2) is 0 Å². The third-order valence-corrected chi connectivity index (χ3v) is 4.83. The molecule has 2 rings (SSSR count). The molecule has 0 aromatic heterocycles. The molecule has 6 nitrogen and oxygen atoms in total. The summed E-state index contributed by atoms with van der Waals surface area (Å²) in [6, 6.07) is 10.5. The van der Waals surface area contributed by atoms with Crippen molar-refractivity contribution in [2.24, 2.45) is 0 Å². The van der Waals surface area contributed by atoms with Crippen LogP contribution >= 0.6 is 0 Å². The minimum atomic E-state index is -0.364. The number of carbonyl (C=O) groups is 2. The summed E-state index contributed by atoms with van der Waals surface area (Å²) in [5, 5.41) is 0. The highest BCUT2D eigenvalue weighted by atomic mass is 16.5. The molecule has 1 aromatic carbocycles. The van der Waals surface area contributed by atoms with E-state index >= 15 is 0 Å². The molecule has 0 radical (unpaired) electrons. The van der Waals surface area contributed by atoms with E-state index in [1.807, 2.05) is 6.07 Å². The minimum Gasteiger partial charge on any atom is -0.465 e. The third kappa shape index (κ3) is 5.81. The van der Waals surface area contributed by atoms with E-state index in [-0.39, 0.29) is 24.0 Å². The maximum Gasteiger partial charge on any atom is 0.325 e. The first-order chi connectivity index (χ1) is 12.3. The van der Waals surface area contributed by atoms with Gasteiger partial charge in [-0.3, -0.25) is 19.4 Å². The van der Waals surface area contributed by atoms with E-state index in [4.69, 9.17) is 4.74 Å². The summed E-state index contributed by atoms with van der Waals surface area (Å²) < 4.78 is 4.90. The normalized spacial score (nSPS) is 17.7. The van der Waals surface area contributed by atoms with Gasteiger partial charge >= 0.3 is 5.97 Å². The van der Waals surface area contributed by atoms with Gasteiger partial charge in [0.1, 0.15) is 6.54 Å². The van der Waals surface area contributed by atoms with Crippen molar-refractivity contribution in [2.45, 2.75) is 32.9 Å². The first-order valence-corrected chi connectivity index (χ1v) is 9.22. The van der Waals surface area contributed by atoms with E-state index in [9.17, 15) is 9.59 Å². The van der Waals surface area contributed by atoms with E-state index in [2.05, 4.69) is 47.9 Å². The lowest BCUT2D eigenvalue weighted by Crippen LogP contribution is -2.60. The van der Waals surface area contributed by atoms with Gasteiger partial charge in [-0.05, 0) is 26.3 Å². The summed E-state index contributed by atoms with van der Waals surface area (Å²) in [6.45, 7) is 10.4. The van der Waals surface area contributed by atoms with Crippen LogP contribution in [0.3, 0.4) is 0 Å². The number of ether oxygens (including phenoxy) is 1. The van der Waals surface area contributed by atoms with Crippen molar-refractivity contribution >= 4 is 11.9 Å². The summed E-state index contributed by atoms with van der Waals surface area (Å²) in [5.41, 5.74) is 1.29. The molecule has 0 N–H and O–H groups in total. The lowest BCUT2D eigenvalue weighted by molar-refractivity contribution is -0.148. The Hall–Kier alpha value is -1.92. The first-order valence-electron chi connectivity index (χ1n) is 9.22. The standard InChI is InChI=1S/C20H31N3O3/c1-5-26-19(25)15-21(4)18(24)14-22-11-12-23(20(2,3)16-22)13-17-9-7-6-8-10-17/h6-10H,5,11-16H2,1-4H3. The third-order valence-electron chi connectivity index (χ3n) is 4.83. The topological polar surface area (TPSA) is 53.1 Å². The molecule has 1 saturated heterocycles. The average Bonchev–Trinajstić information content (AvgIpc) is 2.58. The molecule has 1 heterocycles. The lowest BCUT2D eigenvalue weighted by Gasteiger charge is -2.47. The number of carbonyl (C=O) groups excluding carboxylic acids is 2. The molecule has 0 spiro atoms. The number of rotatable bonds is 7. The summed E-state index contributed by atoms with van der Waals surface area (Å²) in [5.74, 6) is -0.415. The van der Waals surface area contributed by atoms with Crippen LogP contribution in [-0.2, 0) is 20.9 Å². The van der Waals surface area contributed by atoms with Crippen LogP contribution in [0, 0.1) is 0 Å². The Morgan fingerprint density at radius 3 is 2.50 bits per heavy atom. The molecule has 0 atom stereocenters. The molecule has 1 aliphatic heterocycles. The second-order valence-corrected chi connectivity index (χ2v) is 7.49. The highest BCUT2D eigenvalue weighted by Crippen LogP contribution is 2.23. The molecule has 1 aliphatic rings. The fourth-order valence-corrected chi connectivity index (χ4v) is 3.32. The molecule has 0 bridgehead atoms. The van der Waals surface area contributed by atoms with Crippen molar-refractivity contribution < 1.29 is 14.3 Å². The van der Waals surface area contributed by atoms with E-state index in [1.54, 1.807) is 14.0 Å². The highest BCUT2D eigenvalue weighted by Gasteiger charge is 2.34. The van der Waals surface area contributed by atoms with Gasteiger partial charge in [-0.1, -0.05) is 30.3 Å². The van der Waals surface area contributed by atoms with Crippen LogP contribution in [0.25, 0.3) is 0 Å². The van der Waals surface area contributed by atoms with Crippen molar-refractivity contribution in [3.8, 4) is 0 Å². The fourth-order valence-electron chi connectivity index (χ4n) is 3.32. The molecule has 0 saturated carbocycles. The Balaban J connectivity index is 1.86. The van der Waals surface area contributed by atoms with Crippen molar-refractivity contribution in [1.29, 1.82) is 0 Å². The summed E-state index contributed by atoms with van der Waals surface area (Å²) in [6.07, 6.45) is 0. The Morgan fingerprint density at radius 2 is 1.88 bits per heavy atom. The van der Waals surface area contributed by atoms with Gasteiger partial charge in [0.2, 0.25) is 5.91 Å². The van der Waals surface area contributed by atoms with Crippen LogP contribution in [0.15, 0.2) is 30.3 Å². The smallest absolute Gasteiger partial charge is 0.325 e. The monoisotopic (exact) mass is 361 g/mol. The predicted molar refractivity (Wildman–Crippen MR) is 102 cm³/mol. The number of hydrogen-bond donors (Lipinski definition) is 0. The average molecular weight is 361 g/mol. The number of benzene rings is 1. The number of piperazine rings is 1. The zero-order chi connectivity index (χ0) is 19.2. The zero-order valence-electron chi connectivity index (χ0n) is 16.4. The number of likely N-dealkylation sites (N-methyl/N-ethyl adjacent to an activating group) is 1. The van der Waals surface area contributed by atoms with Crippen molar-refractivity contribution in [3.63, 3.8) is 0 Å². The highest BCUT2D eigenvalue weighted by molar-refractivity contribution is 5.83. The maximum atomic E-state index is 12.4. The molecule has 1 fully saturated rings. The van der Waals surface area contributed by atoms with E-state index in [0.29, 0.717) is 13.2 Å². The molecule has 0 unspecified atom stereocenters. The maximum absolute atomic E-state index is 12.4. The SMILES string of the molecule is CCOC(=O)CN(C)C(=O)CN1CCN(Cc2ccccc2)C(C)(C)C1. The number of esters is 1. The first kappa shape index (κ1) is 20.4. The van der Waals surface area contributed by atoms with Gasteiger partial charge in [-0.15, -0.1) is 0 Å². The molecule has 26 heavy (non-hydrogen) atoms. The summed E-state index contributed by atoms with van der Waals surface area (Å²) >= 11 is 0. The van der Waals surface area contributed by atoms with Crippen LogP contribution in [0.4, 0.5) is 0 Å². The lowest BCUT2D eigenvalue weighted by atomic mass is 9.97. The van der Waals surface area contributed by atoms with Gasteiger partial charge in [0.05, 0.1) is 13.2 Å². The van der Waals surface area contributed by atoms with Gasteiger partial charge < -0.3 is 9.64 Å². The van der Waals surface area contributed by atoms with Crippen molar-refractivity contribution in [3.05, 3.63) is 35.9 Å². The van der Waals surface area contributed by atoms with Gasteiger partial charge in [0, 0.05) is 38.8 Å². The quantitative estimate of drug-likeness (QED) is 0.691. The Morgan fingerprint density at radius 1 is 1.19 bits per heavy atom. The molecule has 1 amide bonds. The minimum absolute atomic E-state index is 0.00401. The van der Waals surface area contributed by atoms with E-state index in [1.165, 1.54) is 10.5 Å². The fraction of sp³-hybridized carbons (Fsp3) is 0.600. The Bertz CT molecular complexity index is 604. The van der Waals surface area contributed by atoms with Crippen molar-refractivity contribution in [2.75, 3.05) is 46.4 Å². The molecular formula is C20H31N3O3. The summed E-state index contributed by atoms with van der Waals surface area (Å²) in [7, 11) is 1.65. The molecule has 144 valence electrons. The second kappa shape index (κ2) is 9.14. The van der Waals surface area contributed by atoms with Crippen molar-refractivity contribution in [1.82, 2.24) is 14.7 Å². The number of nitrogens with zero attached hydrogens (tertiary/aromatic N) is 3. The van der Waals surface area contributed by atoms with E-state index in [0.717, 1.165) is 26.2 Å². The van der Waals surface area contributed by atoms with Gasteiger partial charge in [-0.25, -0.2) is 0 Å². The largest absolute Gasteiger partial charge is 0.465 e. The van der Waals surface area contributed by atoms with Crippen LogP contribution in [-0.4, -0.2) is 78.5 Å². The Kier molecular flexibility index (Phi) is 7.17. The predicted octanol–water partition coefficient (Wildman–Crippen LogP) is 1.60. The molecular weight excluding hydrogens is 330 g/mol. The van der Waals surface area contributed by atoms with Crippen LogP contribution < -0.4 is 0 Å². The molecule has 1 aromatic rings. The Labute approximate surface area is 156 Å². The summed E-state index contributed by atoms with van der Waals surface area (Å²) in [4.78, 5) is 30.0. The van der Waals surface area contributed by atoms with Crippen LogP contribution in [0.1, 0.15) is 26.3 Å². The number of amides is 1. The molecule has 6 heteroatoms. The van der Waals surface area contributed by atoms with Crippen LogP contribution in [0.2, 0.25) is 0 Å². The van der Waals surface area contributed by atoms with Crippen LogP contribution in [0.5, 0.6) is 0 Å². The van der Waals surface area contributed by atoms with Gasteiger partial charge in [0.25, 0.3) is 0 Å². The zero-order valence-corrected chi connectivity index (χ0v) is 16.4.